The molecule has 0 saturated heterocycles. The topological polar surface area (TPSA) is 91.9 Å². The first-order valence-corrected chi connectivity index (χ1v) is 12.8. The van der Waals surface area contributed by atoms with E-state index in [1.165, 1.54) is 0 Å². The first-order chi connectivity index (χ1) is 15.9. The van der Waals surface area contributed by atoms with Crippen molar-refractivity contribution < 1.29 is 13.2 Å². The van der Waals surface area contributed by atoms with Crippen LogP contribution in [0, 0.1) is 6.92 Å². The van der Waals surface area contributed by atoms with E-state index < -0.39 is 9.84 Å². The first kappa shape index (κ1) is 22.8. The number of thioether (sulfide) groups is 1. The Kier molecular flexibility index (Phi) is 6.96. The van der Waals surface area contributed by atoms with E-state index in [2.05, 4.69) is 15.3 Å². The Bertz CT molecular complexity index is 1330. The summed E-state index contributed by atoms with van der Waals surface area (Å²) in [6.45, 7) is 2.31. The van der Waals surface area contributed by atoms with E-state index in [9.17, 15) is 13.2 Å². The summed E-state index contributed by atoms with van der Waals surface area (Å²) in [6.07, 6.45) is 0. The molecule has 0 unspecified atom stereocenters. The summed E-state index contributed by atoms with van der Waals surface area (Å²) >= 11 is 1.10. The zero-order chi connectivity index (χ0) is 23.3. The van der Waals surface area contributed by atoms with Gasteiger partial charge in [-0.2, -0.15) is 0 Å². The molecule has 0 saturated carbocycles. The molecule has 0 aliphatic rings. The summed E-state index contributed by atoms with van der Waals surface area (Å²) in [6, 6.07) is 25.6. The van der Waals surface area contributed by atoms with Crippen LogP contribution in [-0.2, 0) is 21.2 Å². The third-order valence-corrected chi connectivity index (χ3v) is 7.79. The van der Waals surface area contributed by atoms with Crippen molar-refractivity contribution in [2.75, 3.05) is 5.75 Å². The van der Waals surface area contributed by atoms with Crippen molar-refractivity contribution in [2.24, 2.45) is 0 Å². The number of imidazole rings is 1. The Labute approximate surface area is 197 Å². The van der Waals surface area contributed by atoms with Crippen LogP contribution in [0.3, 0.4) is 0 Å². The number of nitrogens with one attached hydrogen (secondary N) is 2. The van der Waals surface area contributed by atoms with Gasteiger partial charge in [-0.05, 0) is 24.6 Å². The lowest BCUT2D eigenvalue weighted by atomic mass is 10.2. The van der Waals surface area contributed by atoms with E-state index in [1.807, 2.05) is 67.6 Å². The fourth-order valence-corrected chi connectivity index (χ4v) is 5.62. The monoisotopic (exact) mass is 477 g/mol. The van der Waals surface area contributed by atoms with E-state index in [1.54, 1.807) is 24.3 Å². The average Bonchev–Trinajstić information content (AvgIpc) is 3.28. The number of aromatic nitrogens is 2. The maximum Gasteiger partial charge on any atom is 0.230 e. The van der Waals surface area contributed by atoms with Gasteiger partial charge >= 0.3 is 0 Å². The van der Waals surface area contributed by atoms with Crippen molar-refractivity contribution in [3.63, 3.8) is 0 Å². The highest BCUT2D eigenvalue weighted by molar-refractivity contribution is 8.00. The van der Waals surface area contributed by atoms with Gasteiger partial charge in [0.15, 0.2) is 5.03 Å². The molecule has 4 rings (SSSR count). The quantitative estimate of drug-likeness (QED) is 0.361. The summed E-state index contributed by atoms with van der Waals surface area (Å²) in [4.78, 5) is 20.1. The molecule has 1 amide bonds. The van der Waals surface area contributed by atoms with Gasteiger partial charge in [0, 0.05) is 12.1 Å². The summed E-state index contributed by atoms with van der Waals surface area (Å²) in [5.41, 5.74) is 2.72. The zero-order valence-corrected chi connectivity index (χ0v) is 19.6. The molecule has 2 N–H and O–H groups in total. The molecule has 8 heteroatoms. The van der Waals surface area contributed by atoms with Crippen molar-refractivity contribution in [2.45, 2.75) is 28.4 Å². The number of hydrogen-bond acceptors (Lipinski definition) is 5. The Morgan fingerprint density at radius 1 is 0.939 bits per heavy atom. The number of nitrogens with zero attached hydrogens (tertiary/aromatic N) is 1. The van der Waals surface area contributed by atoms with Crippen LogP contribution in [0.2, 0.25) is 0 Å². The van der Waals surface area contributed by atoms with Crippen LogP contribution in [-0.4, -0.2) is 30.0 Å². The van der Waals surface area contributed by atoms with Crippen LogP contribution >= 0.6 is 11.8 Å². The third-order valence-electron chi connectivity index (χ3n) is 4.96. The predicted octanol–water partition coefficient (Wildman–Crippen LogP) is 4.63. The lowest BCUT2D eigenvalue weighted by Gasteiger charge is -2.07. The van der Waals surface area contributed by atoms with Gasteiger partial charge in [-0.15, -0.1) is 0 Å². The van der Waals surface area contributed by atoms with Crippen molar-refractivity contribution in [3.05, 3.63) is 96.1 Å². The second-order valence-corrected chi connectivity index (χ2v) is 10.3. The van der Waals surface area contributed by atoms with Crippen LogP contribution in [0.15, 0.2) is 99.9 Å². The van der Waals surface area contributed by atoms with E-state index in [0.29, 0.717) is 12.4 Å². The maximum absolute atomic E-state index is 13.4. The largest absolute Gasteiger partial charge is 0.351 e. The van der Waals surface area contributed by atoms with Gasteiger partial charge < -0.3 is 10.3 Å². The third kappa shape index (κ3) is 5.53. The van der Waals surface area contributed by atoms with E-state index in [-0.39, 0.29) is 26.6 Å². The Morgan fingerprint density at radius 2 is 1.58 bits per heavy atom. The molecule has 33 heavy (non-hydrogen) atoms. The molecular formula is C25H23N3O3S2. The van der Waals surface area contributed by atoms with E-state index in [4.69, 9.17) is 0 Å². The molecule has 0 spiro atoms. The maximum atomic E-state index is 13.4. The molecule has 0 fully saturated rings. The molecule has 6 nitrogen and oxygen atoms in total. The molecule has 1 heterocycles. The number of sulfone groups is 1. The van der Waals surface area contributed by atoms with Crippen molar-refractivity contribution in [3.8, 4) is 11.4 Å². The number of aromatic amines is 1. The number of carbonyl (C=O) groups excluding carboxylic acids is 1. The van der Waals surface area contributed by atoms with Crippen LogP contribution in [0.1, 0.15) is 11.1 Å². The smallest absolute Gasteiger partial charge is 0.230 e. The van der Waals surface area contributed by atoms with Crippen molar-refractivity contribution in [1.29, 1.82) is 0 Å². The molecule has 0 radical (unpaired) electrons. The van der Waals surface area contributed by atoms with Gasteiger partial charge in [-0.3, -0.25) is 4.79 Å². The molecule has 1 aromatic heterocycles. The molecule has 168 valence electrons. The highest BCUT2D eigenvalue weighted by atomic mass is 32.2. The highest BCUT2D eigenvalue weighted by Gasteiger charge is 2.26. The minimum absolute atomic E-state index is 0.00827. The summed E-state index contributed by atoms with van der Waals surface area (Å²) in [5.74, 6) is 0.280. The number of carbonyl (C=O) groups is 1. The lowest BCUT2D eigenvalue weighted by Crippen LogP contribution is -2.24. The van der Waals surface area contributed by atoms with Crippen molar-refractivity contribution in [1.82, 2.24) is 15.3 Å². The summed E-state index contributed by atoms with van der Waals surface area (Å²) < 4.78 is 26.8. The average molecular weight is 478 g/mol. The molecule has 0 bridgehead atoms. The second-order valence-electron chi connectivity index (χ2n) is 7.45. The first-order valence-electron chi connectivity index (χ1n) is 10.3. The number of benzene rings is 3. The van der Waals surface area contributed by atoms with E-state index in [0.717, 1.165) is 28.5 Å². The minimum atomic E-state index is -3.85. The van der Waals surface area contributed by atoms with Gasteiger partial charge in [0.1, 0.15) is 10.9 Å². The zero-order valence-electron chi connectivity index (χ0n) is 18.0. The standard InChI is InChI=1S/C25H23N3O3S2/c1-18-12-14-21(15-13-18)33(30,31)25-24(27-23(28-25)20-10-6-3-7-11-20)32-17-22(29)26-16-19-8-4-2-5-9-19/h2-15H,16-17H2,1H3,(H,26,29)(H,27,28). The molecule has 0 atom stereocenters. The van der Waals surface area contributed by atoms with Crippen LogP contribution in [0.4, 0.5) is 0 Å². The molecule has 3 aromatic carbocycles. The number of amides is 1. The number of hydrogen-bond donors (Lipinski definition) is 2. The minimum Gasteiger partial charge on any atom is -0.351 e. The summed E-state index contributed by atoms with van der Waals surface area (Å²) in [7, 11) is -3.85. The SMILES string of the molecule is Cc1ccc(S(=O)(=O)c2[nH]c(-c3ccccc3)nc2SCC(=O)NCc2ccccc2)cc1. The van der Waals surface area contributed by atoms with E-state index >= 15 is 0 Å². The van der Waals surface area contributed by atoms with Gasteiger partial charge in [-0.25, -0.2) is 13.4 Å². The molecule has 4 aromatic rings. The van der Waals surface area contributed by atoms with Crippen molar-refractivity contribution >= 4 is 27.5 Å². The second kappa shape index (κ2) is 10.1. The Balaban J connectivity index is 1.58. The summed E-state index contributed by atoms with van der Waals surface area (Å²) in [5, 5.41) is 3.12. The molecular weight excluding hydrogens is 454 g/mol. The van der Waals surface area contributed by atoms with Crippen LogP contribution < -0.4 is 5.32 Å². The predicted molar refractivity (Wildman–Crippen MR) is 130 cm³/mol. The highest BCUT2D eigenvalue weighted by Crippen LogP contribution is 2.32. The van der Waals surface area contributed by atoms with Crippen LogP contribution in [0.5, 0.6) is 0 Å². The Morgan fingerprint density at radius 3 is 2.24 bits per heavy atom. The lowest BCUT2D eigenvalue weighted by molar-refractivity contribution is -0.118. The van der Waals surface area contributed by atoms with Gasteiger partial charge in [0.2, 0.25) is 15.7 Å². The fourth-order valence-electron chi connectivity index (χ4n) is 3.17. The molecule has 0 aliphatic carbocycles. The fraction of sp³-hybridized carbons (Fsp3) is 0.120. The number of H-pyrrole nitrogens is 1. The van der Waals surface area contributed by atoms with Gasteiger partial charge in [0.25, 0.3) is 0 Å². The van der Waals surface area contributed by atoms with Gasteiger partial charge in [0.05, 0.1) is 10.6 Å². The van der Waals surface area contributed by atoms with Crippen LogP contribution in [0.25, 0.3) is 11.4 Å². The number of rotatable bonds is 8. The van der Waals surface area contributed by atoms with Gasteiger partial charge in [-0.1, -0.05) is 90.1 Å². The number of aryl methyl sites for hydroxylation is 1. The molecule has 0 aliphatic heterocycles. The Hall–Kier alpha value is -3.36. The normalized spacial score (nSPS) is 11.3.